The maximum absolute atomic E-state index is 15.0. The van der Waals surface area contributed by atoms with Crippen molar-refractivity contribution in [1.82, 2.24) is 0 Å². The molecule has 1 aliphatic carbocycles. The van der Waals surface area contributed by atoms with Gasteiger partial charge in [0.2, 0.25) is 5.82 Å². The van der Waals surface area contributed by atoms with Crippen molar-refractivity contribution < 1.29 is 31.4 Å². The van der Waals surface area contributed by atoms with Crippen LogP contribution in [0.5, 0.6) is 5.75 Å². The second-order valence-electron chi connectivity index (χ2n) is 9.52. The molecule has 7 heteroatoms. The Kier molecular flexibility index (Phi) is 8.65. The molecule has 0 saturated heterocycles. The Bertz CT molecular complexity index is 1390. The molecule has 0 aliphatic heterocycles. The van der Waals surface area contributed by atoms with Gasteiger partial charge in [0.05, 0.1) is 0 Å². The van der Waals surface area contributed by atoms with Crippen molar-refractivity contribution in [3.8, 4) is 5.75 Å². The zero-order valence-corrected chi connectivity index (χ0v) is 20.9. The molecule has 38 heavy (non-hydrogen) atoms. The zero-order valence-electron chi connectivity index (χ0n) is 20.9. The summed E-state index contributed by atoms with van der Waals surface area (Å²) in [6.45, 7) is 1.87. The molecular formula is C31H28F6O. The Balaban J connectivity index is 1.47. The lowest BCUT2D eigenvalue weighted by Crippen LogP contribution is -2.10. The molecule has 0 spiro atoms. The summed E-state index contributed by atoms with van der Waals surface area (Å²) in [6.07, 6.45) is 7.54. The highest BCUT2D eigenvalue weighted by molar-refractivity contribution is 5.67. The van der Waals surface area contributed by atoms with E-state index in [0.29, 0.717) is 43.2 Å². The summed E-state index contributed by atoms with van der Waals surface area (Å²) < 4.78 is 86.8. The fourth-order valence-corrected chi connectivity index (χ4v) is 4.95. The fraction of sp³-hybridized carbons (Fsp3) is 0.290. The van der Waals surface area contributed by atoms with Crippen LogP contribution in [0.3, 0.4) is 0 Å². The molecule has 1 atom stereocenters. The van der Waals surface area contributed by atoms with Crippen LogP contribution in [-0.2, 0) is 19.3 Å². The molecular weight excluding hydrogens is 502 g/mol. The minimum atomic E-state index is -1.38. The van der Waals surface area contributed by atoms with Gasteiger partial charge in [-0.15, -0.1) is 0 Å². The van der Waals surface area contributed by atoms with E-state index in [4.69, 9.17) is 0 Å². The quantitative estimate of drug-likeness (QED) is 0.228. The van der Waals surface area contributed by atoms with Gasteiger partial charge in [-0.25, -0.2) is 22.0 Å². The van der Waals surface area contributed by atoms with E-state index in [1.807, 2.05) is 19.1 Å². The Morgan fingerprint density at radius 3 is 2.00 bits per heavy atom. The molecule has 1 nitrogen and oxygen atoms in total. The van der Waals surface area contributed by atoms with Crippen molar-refractivity contribution >= 4 is 5.57 Å². The number of hydrogen-bond donors (Lipinski definition) is 1. The van der Waals surface area contributed by atoms with E-state index < -0.39 is 40.7 Å². The van der Waals surface area contributed by atoms with Gasteiger partial charge in [0.1, 0.15) is 0 Å². The molecule has 3 aromatic rings. The van der Waals surface area contributed by atoms with Crippen molar-refractivity contribution in [3.05, 3.63) is 117 Å². The zero-order chi connectivity index (χ0) is 27.4. The molecule has 0 radical (unpaired) electrons. The van der Waals surface area contributed by atoms with Gasteiger partial charge in [-0.1, -0.05) is 48.6 Å². The maximum atomic E-state index is 15.0. The van der Waals surface area contributed by atoms with Crippen molar-refractivity contribution in [1.29, 1.82) is 0 Å². The predicted octanol–water partition coefficient (Wildman–Crippen LogP) is 8.87. The van der Waals surface area contributed by atoms with Crippen molar-refractivity contribution in [2.24, 2.45) is 0 Å². The van der Waals surface area contributed by atoms with Crippen molar-refractivity contribution in [3.63, 3.8) is 0 Å². The second-order valence-corrected chi connectivity index (χ2v) is 9.52. The van der Waals surface area contributed by atoms with Crippen molar-refractivity contribution in [2.45, 2.75) is 57.8 Å². The summed E-state index contributed by atoms with van der Waals surface area (Å²) in [7, 11) is 0. The molecule has 4 rings (SSSR count). The van der Waals surface area contributed by atoms with Gasteiger partial charge in [-0.3, -0.25) is 0 Å². The van der Waals surface area contributed by atoms with E-state index in [9.17, 15) is 31.4 Å². The molecule has 0 fully saturated rings. The van der Waals surface area contributed by atoms with Crippen molar-refractivity contribution in [2.75, 3.05) is 0 Å². The summed E-state index contributed by atoms with van der Waals surface area (Å²) in [5.41, 5.74) is 1.25. The van der Waals surface area contributed by atoms with Gasteiger partial charge in [0.15, 0.2) is 34.8 Å². The fourth-order valence-electron chi connectivity index (χ4n) is 4.95. The van der Waals surface area contributed by atoms with Gasteiger partial charge in [0.25, 0.3) is 0 Å². The molecule has 0 aromatic heterocycles. The Hall–Kier alpha value is -3.48. The van der Waals surface area contributed by atoms with Crippen LogP contribution in [0.25, 0.3) is 5.57 Å². The van der Waals surface area contributed by atoms with E-state index in [0.717, 1.165) is 6.07 Å². The topological polar surface area (TPSA) is 20.2 Å². The first-order valence-corrected chi connectivity index (χ1v) is 12.6. The van der Waals surface area contributed by atoms with Gasteiger partial charge in [-0.05, 0) is 91.7 Å². The lowest BCUT2D eigenvalue weighted by molar-refractivity contribution is 0.404. The van der Waals surface area contributed by atoms with E-state index in [1.165, 1.54) is 18.2 Å². The van der Waals surface area contributed by atoms with Crippen LogP contribution in [0.15, 0.2) is 54.6 Å². The third-order valence-corrected chi connectivity index (χ3v) is 7.17. The molecule has 200 valence electrons. The SMILES string of the molecule is C/C=C/CCc1ccc(C2CC=C(c3ccc(CCc4ccc(O)c(F)c4F)c(F)c3F)CC2)c(F)c1F. The Morgan fingerprint density at radius 1 is 0.737 bits per heavy atom. The third-order valence-electron chi connectivity index (χ3n) is 7.17. The highest BCUT2D eigenvalue weighted by Gasteiger charge is 2.25. The van der Waals surface area contributed by atoms with Gasteiger partial charge >= 0.3 is 0 Å². The molecule has 1 N–H and O–H groups in total. The minimum absolute atomic E-state index is 0.0143. The first-order chi connectivity index (χ1) is 18.2. The molecule has 1 unspecified atom stereocenters. The Labute approximate surface area is 218 Å². The van der Waals surface area contributed by atoms with Crippen LogP contribution in [0, 0.1) is 34.9 Å². The average Bonchev–Trinajstić information content (AvgIpc) is 2.92. The molecule has 0 amide bonds. The Morgan fingerprint density at radius 2 is 1.34 bits per heavy atom. The molecule has 0 heterocycles. The number of phenolic OH excluding ortho intramolecular Hbond substituents is 1. The molecule has 0 bridgehead atoms. The van der Waals surface area contributed by atoms with Gasteiger partial charge in [-0.2, -0.15) is 4.39 Å². The lowest BCUT2D eigenvalue weighted by atomic mass is 9.81. The summed E-state index contributed by atoms with van der Waals surface area (Å²) in [6, 6.07) is 8.31. The van der Waals surface area contributed by atoms with Crippen LogP contribution in [0.1, 0.15) is 66.3 Å². The number of rotatable bonds is 8. The van der Waals surface area contributed by atoms with Gasteiger partial charge < -0.3 is 5.11 Å². The maximum Gasteiger partial charge on any atom is 0.200 e. The number of aryl methyl sites for hydroxylation is 3. The largest absolute Gasteiger partial charge is 0.505 e. The smallest absolute Gasteiger partial charge is 0.200 e. The third kappa shape index (κ3) is 5.66. The highest BCUT2D eigenvalue weighted by atomic mass is 19.2. The summed E-state index contributed by atoms with van der Waals surface area (Å²) in [5, 5.41) is 9.23. The van der Waals surface area contributed by atoms with E-state index >= 15 is 0 Å². The number of benzene rings is 3. The van der Waals surface area contributed by atoms with Crippen LogP contribution < -0.4 is 0 Å². The van der Waals surface area contributed by atoms with E-state index in [2.05, 4.69) is 0 Å². The standard InChI is InChI=1S/C31H28F6O/c1-2-3-4-5-20-12-15-23(29(35)26(20)32)18-6-8-19(9-7-18)24-16-13-21(27(33)30(24)36)10-11-22-14-17-25(38)31(37)28(22)34/h2-3,8,12-18,38H,4-7,9-11H2,1H3/b3-2+. The summed E-state index contributed by atoms with van der Waals surface area (Å²) >= 11 is 0. The minimum Gasteiger partial charge on any atom is -0.505 e. The van der Waals surface area contributed by atoms with Crippen LogP contribution in [0.4, 0.5) is 26.3 Å². The molecule has 1 aliphatic rings. The number of aromatic hydroxyl groups is 1. The number of phenols is 1. The van der Waals surface area contributed by atoms with E-state index in [-0.39, 0.29) is 41.0 Å². The molecule has 3 aromatic carbocycles. The normalized spacial score (nSPS) is 15.8. The first-order valence-electron chi connectivity index (χ1n) is 12.6. The second kappa shape index (κ2) is 11.9. The lowest BCUT2D eigenvalue weighted by Gasteiger charge is -2.24. The predicted molar refractivity (Wildman–Crippen MR) is 136 cm³/mol. The average molecular weight is 531 g/mol. The highest BCUT2D eigenvalue weighted by Crippen LogP contribution is 2.39. The monoisotopic (exact) mass is 530 g/mol. The summed E-state index contributed by atoms with van der Waals surface area (Å²) in [5.74, 6) is -7.47. The van der Waals surface area contributed by atoms with Crippen LogP contribution >= 0.6 is 0 Å². The van der Waals surface area contributed by atoms with Crippen LogP contribution in [-0.4, -0.2) is 5.11 Å². The number of halogens is 6. The molecule has 0 saturated carbocycles. The first kappa shape index (κ1) is 27.6. The van der Waals surface area contributed by atoms with Gasteiger partial charge in [0, 0.05) is 5.56 Å². The number of hydrogen-bond acceptors (Lipinski definition) is 1. The van der Waals surface area contributed by atoms with E-state index in [1.54, 1.807) is 18.2 Å². The van der Waals surface area contributed by atoms with Crippen LogP contribution in [0.2, 0.25) is 0 Å². The number of allylic oxidation sites excluding steroid dienone is 4. The summed E-state index contributed by atoms with van der Waals surface area (Å²) in [4.78, 5) is 0.